The van der Waals surface area contributed by atoms with Crippen molar-refractivity contribution in [1.29, 1.82) is 0 Å². The second kappa shape index (κ2) is 13.4. The average Bonchev–Trinajstić information content (AvgIpc) is 3.80. The van der Waals surface area contributed by atoms with E-state index in [1.807, 2.05) is 0 Å². The lowest BCUT2D eigenvalue weighted by Gasteiger charge is -2.35. The monoisotopic (exact) mass is 726 g/mol. The van der Waals surface area contributed by atoms with Gasteiger partial charge in [0.2, 0.25) is 0 Å². The Hall–Kier alpha value is -7.42. The second-order valence-corrected chi connectivity index (χ2v) is 14.8. The third kappa shape index (κ3) is 5.04. The molecule has 0 aliphatic heterocycles. The number of rotatable bonds is 7. The summed E-state index contributed by atoms with van der Waals surface area (Å²) in [6.07, 6.45) is 0. The van der Waals surface area contributed by atoms with Crippen LogP contribution >= 0.6 is 0 Å². The van der Waals surface area contributed by atoms with Crippen molar-refractivity contribution >= 4 is 38.9 Å². The van der Waals surface area contributed by atoms with Gasteiger partial charge in [-0.05, 0) is 93.0 Å². The molecule has 1 aliphatic carbocycles. The van der Waals surface area contributed by atoms with Gasteiger partial charge < -0.3 is 9.47 Å². The van der Waals surface area contributed by atoms with Crippen LogP contribution in [0.3, 0.4) is 0 Å². The summed E-state index contributed by atoms with van der Waals surface area (Å²) in [6.45, 7) is 0. The Balaban J connectivity index is 1.26. The minimum Gasteiger partial charge on any atom is -0.308 e. The van der Waals surface area contributed by atoms with Crippen LogP contribution in [-0.4, -0.2) is 4.57 Å². The van der Waals surface area contributed by atoms with Gasteiger partial charge in [-0.25, -0.2) is 0 Å². The lowest BCUT2D eigenvalue weighted by molar-refractivity contribution is 0.768. The normalized spacial score (nSPS) is 12.7. The van der Waals surface area contributed by atoms with Crippen LogP contribution in [0, 0.1) is 0 Å². The van der Waals surface area contributed by atoms with Crippen molar-refractivity contribution in [3.63, 3.8) is 0 Å². The standard InChI is InChI=1S/C55H38N2/c1-6-20-39(21-7-1)45-36-37-52(54-53(45)48-31-17-19-33-51(48)57(54)43-28-14-5-15-29-43)56(42-26-12-4-13-27-42)44-34-35-47-46-30-16-18-32-49(46)55(50(47)38-44,40-22-8-2-9-23-40)41-24-10-3-11-25-41/h1-38H. The predicted molar refractivity (Wildman–Crippen MR) is 238 cm³/mol. The van der Waals surface area contributed by atoms with Gasteiger partial charge in [0.25, 0.3) is 0 Å². The van der Waals surface area contributed by atoms with Gasteiger partial charge in [-0.1, -0.05) is 182 Å². The molecular weight excluding hydrogens is 689 g/mol. The Kier molecular flexibility index (Phi) is 7.75. The number of aromatic nitrogens is 1. The highest BCUT2D eigenvalue weighted by molar-refractivity contribution is 6.20. The molecule has 268 valence electrons. The first-order valence-electron chi connectivity index (χ1n) is 19.7. The third-order valence-corrected chi connectivity index (χ3v) is 11.8. The first kappa shape index (κ1) is 33.0. The molecule has 11 rings (SSSR count). The summed E-state index contributed by atoms with van der Waals surface area (Å²) in [5.41, 5.74) is 16.3. The predicted octanol–water partition coefficient (Wildman–Crippen LogP) is 14.3. The average molecular weight is 727 g/mol. The number of hydrogen-bond donors (Lipinski definition) is 0. The van der Waals surface area contributed by atoms with Crippen molar-refractivity contribution in [1.82, 2.24) is 4.57 Å². The number of para-hydroxylation sites is 3. The highest BCUT2D eigenvalue weighted by atomic mass is 15.2. The summed E-state index contributed by atoms with van der Waals surface area (Å²) in [6, 6.07) is 84.2. The van der Waals surface area contributed by atoms with Crippen molar-refractivity contribution in [2.24, 2.45) is 0 Å². The molecule has 0 spiro atoms. The smallest absolute Gasteiger partial charge is 0.0788 e. The highest BCUT2D eigenvalue weighted by Gasteiger charge is 2.46. The maximum Gasteiger partial charge on any atom is 0.0788 e. The highest BCUT2D eigenvalue weighted by Crippen LogP contribution is 2.57. The first-order chi connectivity index (χ1) is 28.3. The molecule has 57 heavy (non-hydrogen) atoms. The zero-order chi connectivity index (χ0) is 37.8. The Morgan fingerprint density at radius 2 is 0.930 bits per heavy atom. The first-order valence-corrected chi connectivity index (χ1v) is 19.7. The number of nitrogens with zero attached hydrogens (tertiary/aromatic N) is 2. The molecule has 0 bridgehead atoms. The van der Waals surface area contributed by atoms with E-state index in [2.05, 4.69) is 240 Å². The van der Waals surface area contributed by atoms with Gasteiger partial charge in [-0.2, -0.15) is 0 Å². The van der Waals surface area contributed by atoms with Gasteiger partial charge in [-0.15, -0.1) is 0 Å². The zero-order valence-corrected chi connectivity index (χ0v) is 31.3. The van der Waals surface area contributed by atoms with E-state index in [0.29, 0.717) is 0 Å². The summed E-state index contributed by atoms with van der Waals surface area (Å²) in [7, 11) is 0. The van der Waals surface area contributed by atoms with E-state index in [-0.39, 0.29) is 0 Å². The molecular formula is C55H38N2. The van der Waals surface area contributed by atoms with Crippen LogP contribution in [0.4, 0.5) is 17.1 Å². The topological polar surface area (TPSA) is 8.17 Å². The molecule has 1 aromatic heterocycles. The zero-order valence-electron chi connectivity index (χ0n) is 31.3. The van der Waals surface area contributed by atoms with Crippen LogP contribution in [0.1, 0.15) is 22.3 Å². The summed E-state index contributed by atoms with van der Waals surface area (Å²) in [5, 5.41) is 2.46. The lowest BCUT2D eigenvalue weighted by atomic mass is 9.67. The molecule has 0 fully saturated rings. The number of anilines is 3. The molecule has 1 aliphatic rings. The summed E-state index contributed by atoms with van der Waals surface area (Å²) >= 11 is 0. The van der Waals surface area contributed by atoms with Crippen LogP contribution in [0.5, 0.6) is 0 Å². The molecule has 10 aromatic rings. The Morgan fingerprint density at radius 3 is 1.63 bits per heavy atom. The van der Waals surface area contributed by atoms with Gasteiger partial charge in [0.15, 0.2) is 0 Å². The van der Waals surface area contributed by atoms with Gasteiger partial charge in [-0.3, -0.25) is 0 Å². The van der Waals surface area contributed by atoms with Crippen molar-refractivity contribution in [3.8, 4) is 27.9 Å². The van der Waals surface area contributed by atoms with Gasteiger partial charge >= 0.3 is 0 Å². The van der Waals surface area contributed by atoms with Crippen LogP contribution in [0.25, 0.3) is 49.7 Å². The fraction of sp³-hybridized carbons (Fsp3) is 0.0182. The Morgan fingerprint density at radius 1 is 0.386 bits per heavy atom. The van der Waals surface area contributed by atoms with Crippen LogP contribution in [0.15, 0.2) is 231 Å². The lowest BCUT2D eigenvalue weighted by Crippen LogP contribution is -2.28. The second-order valence-electron chi connectivity index (χ2n) is 14.8. The summed E-state index contributed by atoms with van der Waals surface area (Å²) in [4.78, 5) is 2.47. The fourth-order valence-electron chi connectivity index (χ4n) is 9.54. The van der Waals surface area contributed by atoms with Gasteiger partial charge in [0.05, 0.1) is 22.1 Å². The molecule has 0 unspecified atom stereocenters. The van der Waals surface area contributed by atoms with E-state index < -0.39 is 5.41 Å². The van der Waals surface area contributed by atoms with Crippen LogP contribution in [-0.2, 0) is 5.41 Å². The number of fused-ring (bicyclic) bond motifs is 6. The largest absolute Gasteiger partial charge is 0.308 e. The van der Waals surface area contributed by atoms with E-state index in [1.165, 1.54) is 60.8 Å². The molecule has 2 heteroatoms. The molecule has 0 amide bonds. The molecule has 0 radical (unpaired) electrons. The summed E-state index contributed by atoms with van der Waals surface area (Å²) in [5.74, 6) is 0. The van der Waals surface area contributed by atoms with Crippen LogP contribution < -0.4 is 4.90 Å². The number of benzene rings is 9. The molecule has 0 atom stereocenters. The van der Waals surface area contributed by atoms with Crippen molar-refractivity contribution < 1.29 is 0 Å². The van der Waals surface area contributed by atoms with Gasteiger partial charge in [0, 0.05) is 27.8 Å². The van der Waals surface area contributed by atoms with Crippen molar-refractivity contribution in [2.45, 2.75) is 5.41 Å². The maximum atomic E-state index is 2.47. The van der Waals surface area contributed by atoms with Crippen molar-refractivity contribution in [2.75, 3.05) is 4.90 Å². The molecule has 9 aromatic carbocycles. The van der Waals surface area contributed by atoms with E-state index >= 15 is 0 Å². The molecule has 0 saturated heterocycles. The maximum absolute atomic E-state index is 2.47. The Bertz CT molecular complexity index is 3000. The van der Waals surface area contributed by atoms with E-state index in [4.69, 9.17) is 0 Å². The molecule has 0 saturated carbocycles. The molecule has 1 heterocycles. The fourth-order valence-corrected chi connectivity index (χ4v) is 9.54. The third-order valence-electron chi connectivity index (χ3n) is 11.8. The minimum absolute atomic E-state index is 0.516. The summed E-state index contributed by atoms with van der Waals surface area (Å²) < 4.78 is 2.46. The van der Waals surface area contributed by atoms with Crippen LogP contribution in [0.2, 0.25) is 0 Å². The molecule has 0 N–H and O–H groups in total. The number of hydrogen-bond acceptors (Lipinski definition) is 1. The van der Waals surface area contributed by atoms with E-state index in [9.17, 15) is 0 Å². The minimum atomic E-state index is -0.516. The van der Waals surface area contributed by atoms with Crippen molar-refractivity contribution in [3.05, 3.63) is 253 Å². The van der Waals surface area contributed by atoms with E-state index in [1.54, 1.807) is 0 Å². The van der Waals surface area contributed by atoms with Gasteiger partial charge in [0.1, 0.15) is 0 Å². The molecule has 2 nitrogen and oxygen atoms in total. The van der Waals surface area contributed by atoms with E-state index in [0.717, 1.165) is 28.3 Å². The quantitative estimate of drug-likeness (QED) is 0.159. The SMILES string of the molecule is c1ccc(-c2ccc(N(c3ccccc3)c3ccc4c(c3)C(c3ccccc3)(c3ccccc3)c3ccccc3-4)c3c2c2ccccc2n3-c2ccccc2)cc1. The Labute approximate surface area is 333 Å².